The number of esters is 3. The van der Waals surface area contributed by atoms with Crippen LogP contribution in [0, 0.1) is 0 Å². The molecule has 0 rings (SSSR count). The van der Waals surface area contributed by atoms with Crippen molar-refractivity contribution >= 4 is 17.9 Å². The number of allylic oxidation sites excluding steroid dienone is 14. The largest absolute Gasteiger partial charge is 0.462 e. The number of carbonyl (C=O) groups excluding carboxylic acids is 3. The van der Waals surface area contributed by atoms with E-state index in [0.717, 1.165) is 103 Å². The fourth-order valence-corrected chi connectivity index (χ4v) is 9.51. The molecule has 0 saturated heterocycles. The van der Waals surface area contributed by atoms with E-state index in [-0.39, 0.29) is 31.1 Å². The van der Waals surface area contributed by atoms with Gasteiger partial charge in [-0.3, -0.25) is 14.4 Å². The Morgan fingerprint density at radius 2 is 0.462 bits per heavy atom. The summed E-state index contributed by atoms with van der Waals surface area (Å²) in [5.41, 5.74) is 0. The second kappa shape index (κ2) is 66.1. The Hall–Kier alpha value is -3.41. The maximum atomic E-state index is 12.9. The van der Waals surface area contributed by atoms with E-state index >= 15 is 0 Å². The van der Waals surface area contributed by atoms with Crippen molar-refractivity contribution in [3.63, 3.8) is 0 Å². The zero-order chi connectivity index (χ0) is 56.4. The van der Waals surface area contributed by atoms with E-state index in [2.05, 4.69) is 106 Å². The van der Waals surface area contributed by atoms with E-state index in [1.165, 1.54) is 193 Å². The fourth-order valence-electron chi connectivity index (χ4n) is 9.51. The number of ether oxygens (including phenoxy) is 3. The van der Waals surface area contributed by atoms with Gasteiger partial charge in [0.25, 0.3) is 0 Å². The van der Waals surface area contributed by atoms with Gasteiger partial charge < -0.3 is 14.2 Å². The van der Waals surface area contributed by atoms with Gasteiger partial charge in [-0.05, 0) is 122 Å². The highest BCUT2D eigenvalue weighted by atomic mass is 16.6. The monoisotopic (exact) mass is 1090 g/mol. The van der Waals surface area contributed by atoms with E-state index in [0.29, 0.717) is 19.3 Å². The van der Waals surface area contributed by atoms with Gasteiger partial charge in [-0.25, -0.2) is 0 Å². The van der Waals surface area contributed by atoms with Crippen LogP contribution in [0.3, 0.4) is 0 Å². The first-order valence-electron chi connectivity index (χ1n) is 33.6. The second-order valence-electron chi connectivity index (χ2n) is 22.4. The van der Waals surface area contributed by atoms with Crippen molar-refractivity contribution in [3.8, 4) is 0 Å². The lowest BCUT2D eigenvalue weighted by Gasteiger charge is -2.18. The zero-order valence-electron chi connectivity index (χ0n) is 51.7. The highest BCUT2D eigenvalue weighted by Crippen LogP contribution is 2.16. The molecule has 0 aromatic heterocycles. The van der Waals surface area contributed by atoms with Gasteiger partial charge in [0.15, 0.2) is 6.10 Å². The van der Waals surface area contributed by atoms with Gasteiger partial charge in [-0.1, -0.05) is 279 Å². The predicted octanol–water partition coefficient (Wildman–Crippen LogP) is 23.1. The lowest BCUT2D eigenvalue weighted by atomic mass is 10.1. The van der Waals surface area contributed by atoms with Gasteiger partial charge in [0.1, 0.15) is 13.2 Å². The topological polar surface area (TPSA) is 78.9 Å². The molecule has 0 heterocycles. The summed E-state index contributed by atoms with van der Waals surface area (Å²) < 4.78 is 16.9. The number of hydrogen-bond donors (Lipinski definition) is 0. The van der Waals surface area contributed by atoms with E-state index in [1.807, 2.05) is 0 Å². The maximum absolute atomic E-state index is 12.9. The minimum absolute atomic E-state index is 0.0857. The Morgan fingerprint density at radius 3 is 0.731 bits per heavy atom. The number of hydrogen-bond acceptors (Lipinski definition) is 6. The van der Waals surface area contributed by atoms with Gasteiger partial charge in [0.05, 0.1) is 0 Å². The molecule has 0 radical (unpaired) electrons. The molecule has 1 unspecified atom stereocenters. The molecule has 0 aliphatic carbocycles. The quantitative estimate of drug-likeness (QED) is 0.0261. The van der Waals surface area contributed by atoms with Crippen molar-refractivity contribution in [2.75, 3.05) is 13.2 Å². The van der Waals surface area contributed by atoms with Crippen LogP contribution >= 0.6 is 0 Å². The van der Waals surface area contributed by atoms with Gasteiger partial charge >= 0.3 is 17.9 Å². The smallest absolute Gasteiger partial charge is 0.306 e. The third-order valence-corrected chi connectivity index (χ3v) is 14.6. The molecule has 6 nitrogen and oxygen atoms in total. The average molecular weight is 1090 g/mol. The van der Waals surface area contributed by atoms with Crippen molar-refractivity contribution in [1.29, 1.82) is 0 Å². The fraction of sp³-hybridized carbons (Fsp3) is 0.764. The summed E-state index contributed by atoms with van der Waals surface area (Å²) in [4.78, 5) is 38.4. The van der Waals surface area contributed by atoms with Crippen molar-refractivity contribution in [3.05, 3.63) is 85.1 Å². The minimum atomic E-state index is -0.791. The van der Waals surface area contributed by atoms with Crippen LogP contribution in [0.4, 0.5) is 0 Å². The van der Waals surface area contributed by atoms with Gasteiger partial charge in [0, 0.05) is 19.3 Å². The second-order valence-corrected chi connectivity index (χ2v) is 22.4. The van der Waals surface area contributed by atoms with Crippen molar-refractivity contribution < 1.29 is 28.6 Å². The summed E-state index contributed by atoms with van der Waals surface area (Å²) in [5, 5.41) is 0. The summed E-state index contributed by atoms with van der Waals surface area (Å²) in [6, 6.07) is 0. The van der Waals surface area contributed by atoms with Gasteiger partial charge in [-0.2, -0.15) is 0 Å². The van der Waals surface area contributed by atoms with E-state index in [9.17, 15) is 14.4 Å². The summed E-state index contributed by atoms with van der Waals surface area (Å²) in [7, 11) is 0. The predicted molar refractivity (Wildman–Crippen MR) is 339 cm³/mol. The molecule has 6 heteroatoms. The molecule has 0 amide bonds. The summed E-state index contributed by atoms with van der Waals surface area (Å²) in [5.74, 6) is -0.897. The molecule has 0 bridgehead atoms. The van der Waals surface area contributed by atoms with Crippen molar-refractivity contribution in [2.24, 2.45) is 0 Å². The molecule has 450 valence electrons. The Bertz CT molecular complexity index is 1480. The molecule has 0 aromatic rings. The van der Waals surface area contributed by atoms with Crippen LogP contribution in [0.25, 0.3) is 0 Å². The van der Waals surface area contributed by atoms with E-state index < -0.39 is 6.10 Å². The van der Waals surface area contributed by atoms with Crippen LogP contribution in [-0.4, -0.2) is 37.2 Å². The van der Waals surface area contributed by atoms with Crippen LogP contribution < -0.4 is 0 Å². The maximum Gasteiger partial charge on any atom is 0.306 e. The first kappa shape index (κ1) is 74.6. The lowest BCUT2D eigenvalue weighted by molar-refractivity contribution is -0.167. The summed E-state index contributed by atoms with van der Waals surface area (Å²) >= 11 is 0. The highest BCUT2D eigenvalue weighted by molar-refractivity contribution is 5.71. The molecular formula is C72H126O6. The molecule has 0 saturated carbocycles. The molecule has 0 spiro atoms. The Morgan fingerprint density at radius 1 is 0.256 bits per heavy atom. The molecule has 0 fully saturated rings. The summed E-state index contributed by atoms with van der Waals surface area (Å²) in [6.45, 7) is 6.62. The number of rotatable bonds is 61. The van der Waals surface area contributed by atoms with Crippen LogP contribution in [0.15, 0.2) is 85.1 Å². The molecule has 0 aliphatic rings. The molecular weight excluding hydrogens is 961 g/mol. The number of carbonyl (C=O) groups is 3. The third-order valence-electron chi connectivity index (χ3n) is 14.6. The van der Waals surface area contributed by atoms with Gasteiger partial charge in [0.2, 0.25) is 0 Å². The SMILES string of the molecule is CCCCCCC/C=C\C/C=C\C/C=C\CCCCCCCCCCCCC(=O)OCC(COC(=O)CCCCCCC/C=C\CCCCCCC)OC(=O)CCCCCCCC/C=C\C/C=C\C/C=C\CCCCCCC. The zero-order valence-corrected chi connectivity index (χ0v) is 51.7. The van der Waals surface area contributed by atoms with Crippen LogP contribution in [0.5, 0.6) is 0 Å². The molecule has 1 atom stereocenters. The highest BCUT2D eigenvalue weighted by Gasteiger charge is 2.19. The molecule has 0 N–H and O–H groups in total. The van der Waals surface area contributed by atoms with E-state index in [1.54, 1.807) is 0 Å². The van der Waals surface area contributed by atoms with Crippen LogP contribution in [0.1, 0.15) is 335 Å². The Balaban J connectivity index is 4.36. The van der Waals surface area contributed by atoms with Crippen molar-refractivity contribution in [1.82, 2.24) is 0 Å². The lowest BCUT2D eigenvalue weighted by Crippen LogP contribution is -2.30. The third kappa shape index (κ3) is 63.4. The van der Waals surface area contributed by atoms with Gasteiger partial charge in [-0.15, -0.1) is 0 Å². The molecule has 0 aliphatic heterocycles. The first-order chi connectivity index (χ1) is 38.5. The summed E-state index contributed by atoms with van der Waals surface area (Å²) in [6.07, 6.45) is 87.3. The van der Waals surface area contributed by atoms with Crippen molar-refractivity contribution in [2.45, 2.75) is 341 Å². The average Bonchev–Trinajstić information content (AvgIpc) is 3.44. The molecule has 78 heavy (non-hydrogen) atoms. The normalized spacial score (nSPS) is 12.6. The minimum Gasteiger partial charge on any atom is -0.462 e. The standard InChI is InChI=1S/C72H126O6/c1-4-7-10-13-16-19-22-25-28-30-32-34-35-36-37-39-40-42-44-47-50-53-56-59-62-65-71(74)77-68-69(67-76-70(73)64-61-58-55-52-49-46-27-24-21-18-15-12-9-6-3)78-72(75)66-63-60-57-54-51-48-45-43-41-38-33-31-29-26-23-20-17-14-11-8-5-2/h22-27,30-33,35-36,41,43,69H,4-21,28-29,34,37-40,42,44-68H2,1-3H3/b25-22-,26-23-,27-24-,32-30-,33-31-,36-35-,43-41-. The first-order valence-corrected chi connectivity index (χ1v) is 33.6. The van der Waals surface area contributed by atoms with Crippen LogP contribution in [-0.2, 0) is 28.6 Å². The molecule has 0 aromatic carbocycles. The Labute approximate surface area is 484 Å². The van der Waals surface area contributed by atoms with Crippen LogP contribution in [0.2, 0.25) is 0 Å². The Kier molecular flexibility index (Phi) is 63.2. The number of unbranched alkanes of at least 4 members (excludes halogenated alkanes) is 36. The van der Waals surface area contributed by atoms with E-state index in [4.69, 9.17) is 14.2 Å².